The molecule has 0 aliphatic rings. The number of unbranched alkanes of at least 4 members (excludes halogenated alkanes) is 1. The van der Waals surface area contributed by atoms with Crippen molar-refractivity contribution in [1.29, 1.82) is 0 Å². The third kappa shape index (κ3) is 3.79. The Morgan fingerprint density at radius 1 is 1.00 bits per heavy atom. The van der Waals surface area contributed by atoms with Crippen LogP contribution in [0.4, 0.5) is 0 Å². The minimum atomic E-state index is -0.344. The van der Waals surface area contributed by atoms with Gasteiger partial charge < -0.3 is 9.15 Å². The Labute approximate surface area is 153 Å². The number of ether oxygens (including phenoxy) is 1. The number of aryl methyl sites for hydroxylation is 2. The molecule has 0 aliphatic carbocycles. The summed E-state index contributed by atoms with van der Waals surface area (Å²) in [5.74, 6) is 0.727. The predicted octanol–water partition coefficient (Wildman–Crippen LogP) is 5.16. The fourth-order valence-corrected chi connectivity index (χ4v) is 2.96. The number of hydrogen-bond donors (Lipinski definition) is 0. The number of benzene rings is 1. The molecule has 0 bridgehead atoms. The monoisotopic (exact) mass is 351 g/mol. The Balaban J connectivity index is 2.02. The van der Waals surface area contributed by atoms with Crippen LogP contribution in [0.15, 0.2) is 45.6 Å². The lowest BCUT2D eigenvalue weighted by molar-refractivity contribution is 0.309. The highest BCUT2D eigenvalue weighted by molar-refractivity contribution is 5.83. The second kappa shape index (κ2) is 8.17. The first-order chi connectivity index (χ1) is 12.7. The summed E-state index contributed by atoms with van der Waals surface area (Å²) in [5.41, 5.74) is 3.57. The second-order valence-electron chi connectivity index (χ2n) is 6.35. The van der Waals surface area contributed by atoms with Crippen molar-refractivity contribution in [3.63, 3.8) is 0 Å². The van der Waals surface area contributed by atoms with Crippen LogP contribution in [0.25, 0.3) is 22.1 Å². The lowest BCUT2D eigenvalue weighted by atomic mass is 10.0. The molecular weight excluding hydrogens is 326 g/mol. The zero-order chi connectivity index (χ0) is 18.5. The van der Waals surface area contributed by atoms with Crippen molar-refractivity contribution in [2.75, 3.05) is 6.61 Å². The molecule has 0 atom stereocenters. The van der Waals surface area contributed by atoms with E-state index in [1.807, 2.05) is 37.3 Å². The van der Waals surface area contributed by atoms with Gasteiger partial charge in [-0.2, -0.15) is 0 Å². The van der Waals surface area contributed by atoms with Crippen molar-refractivity contribution in [1.82, 2.24) is 4.98 Å². The van der Waals surface area contributed by atoms with Gasteiger partial charge in [-0.25, -0.2) is 4.79 Å². The van der Waals surface area contributed by atoms with E-state index in [1.165, 1.54) is 0 Å². The molecular formula is C22H25NO3. The Kier molecular flexibility index (Phi) is 5.71. The second-order valence-corrected chi connectivity index (χ2v) is 6.35. The largest absolute Gasteiger partial charge is 0.493 e. The van der Waals surface area contributed by atoms with Crippen LogP contribution < -0.4 is 10.4 Å². The van der Waals surface area contributed by atoms with Crippen molar-refractivity contribution in [3.05, 3.63) is 58.2 Å². The molecule has 4 nitrogen and oxygen atoms in total. The van der Waals surface area contributed by atoms with Crippen LogP contribution in [0.5, 0.6) is 5.75 Å². The molecule has 2 aromatic heterocycles. The van der Waals surface area contributed by atoms with E-state index >= 15 is 0 Å². The van der Waals surface area contributed by atoms with E-state index in [0.717, 1.165) is 53.8 Å². The number of nitrogens with zero attached hydrogens (tertiary/aromatic N) is 1. The van der Waals surface area contributed by atoms with Crippen LogP contribution in [0, 0.1) is 0 Å². The molecule has 136 valence electrons. The molecule has 0 saturated heterocycles. The first-order valence-electron chi connectivity index (χ1n) is 9.36. The molecule has 0 N–H and O–H groups in total. The van der Waals surface area contributed by atoms with Gasteiger partial charge in [-0.05, 0) is 43.5 Å². The molecule has 3 rings (SSSR count). The predicted molar refractivity (Wildman–Crippen MR) is 105 cm³/mol. The number of aromatic nitrogens is 1. The first-order valence-corrected chi connectivity index (χ1v) is 9.36. The maximum absolute atomic E-state index is 12.6. The molecule has 4 heteroatoms. The fourth-order valence-electron chi connectivity index (χ4n) is 2.96. The van der Waals surface area contributed by atoms with E-state index in [2.05, 4.69) is 18.8 Å². The third-order valence-electron chi connectivity index (χ3n) is 4.49. The van der Waals surface area contributed by atoms with Gasteiger partial charge in [0, 0.05) is 28.4 Å². The lowest BCUT2D eigenvalue weighted by Crippen LogP contribution is -2.06. The van der Waals surface area contributed by atoms with Crippen LogP contribution in [-0.4, -0.2) is 11.6 Å². The molecule has 3 aromatic rings. The normalized spacial score (nSPS) is 11.0. The van der Waals surface area contributed by atoms with Gasteiger partial charge in [0.25, 0.3) is 0 Å². The van der Waals surface area contributed by atoms with Gasteiger partial charge in [0.15, 0.2) is 0 Å². The van der Waals surface area contributed by atoms with Crippen molar-refractivity contribution in [3.8, 4) is 16.9 Å². The minimum absolute atomic E-state index is 0.344. The molecule has 0 fully saturated rings. The number of rotatable bonds is 7. The van der Waals surface area contributed by atoms with Crippen LogP contribution in [0.2, 0.25) is 0 Å². The average molecular weight is 351 g/mol. The summed E-state index contributed by atoms with van der Waals surface area (Å²) >= 11 is 0. The summed E-state index contributed by atoms with van der Waals surface area (Å²) in [6.07, 6.45) is 3.73. The van der Waals surface area contributed by atoms with Crippen LogP contribution in [0.3, 0.4) is 0 Å². The van der Waals surface area contributed by atoms with Crippen molar-refractivity contribution >= 4 is 11.0 Å². The topological polar surface area (TPSA) is 52.3 Å². The Morgan fingerprint density at radius 3 is 2.58 bits per heavy atom. The quantitative estimate of drug-likeness (QED) is 0.436. The van der Waals surface area contributed by atoms with E-state index < -0.39 is 0 Å². The number of fused-ring (bicyclic) bond motifs is 1. The van der Waals surface area contributed by atoms with Gasteiger partial charge in [0.05, 0.1) is 12.2 Å². The van der Waals surface area contributed by atoms with Crippen LogP contribution in [0.1, 0.15) is 45.0 Å². The molecule has 0 radical (unpaired) electrons. The van der Waals surface area contributed by atoms with Crippen molar-refractivity contribution < 1.29 is 9.15 Å². The standard InChI is InChI=1S/C22H25NO3/c1-4-7-12-25-17-10-8-15-13-19(22(24)26-21(15)14-17)18-11-9-16(5-2)23-20(18)6-3/h8-11,13-14H,4-7,12H2,1-3H3. The summed E-state index contributed by atoms with van der Waals surface area (Å²) in [6.45, 7) is 6.91. The average Bonchev–Trinajstić information content (AvgIpc) is 2.67. The zero-order valence-corrected chi connectivity index (χ0v) is 15.7. The molecule has 2 heterocycles. The molecule has 0 amide bonds. The van der Waals surface area contributed by atoms with Crippen LogP contribution in [-0.2, 0) is 12.8 Å². The highest BCUT2D eigenvalue weighted by Gasteiger charge is 2.13. The van der Waals surface area contributed by atoms with E-state index in [4.69, 9.17) is 9.15 Å². The Hall–Kier alpha value is -2.62. The molecule has 1 aromatic carbocycles. The van der Waals surface area contributed by atoms with E-state index in [-0.39, 0.29) is 5.63 Å². The highest BCUT2D eigenvalue weighted by atomic mass is 16.5. The van der Waals surface area contributed by atoms with Gasteiger partial charge in [-0.3, -0.25) is 4.98 Å². The maximum atomic E-state index is 12.6. The summed E-state index contributed by atoms with van der Waals surface area (Å²) in [4.78, 5) is 17.3. The molecule has 0 spiro atoms. The van der Waals surface area contributed by atoms with E-state index in [1.54, 1.807) is 6.07 Å². The molecule has 0 aliphatic heterocycles. The summed E-state index contributed by atoms with van der Waals surface area (Å²) in [7, 11) is 0. The number of hydrogen-bond acceptors (Lipinski definition) is 4. The fraction of sp³-hybridized carbons (Fsp3) is 0.364. The maximum Gasteiger partial charge on any atom is 0.344 e. The van der Waals surface area contributed by atoms with Crippen molar-refractivity contribution in [2.45, 2.75) is 46.5 Å². The molecule has 0 unspecified atom stereocenters. The van der Waals surface area contributed by atoms with E-state index in [9.17, 15) is 4.79 Å². The van der Waals surface area contributed by atoms with Gasteiger partial charge >= 0.3 is 5.63 Å². The summed E-state index contributed by atoms with van der Waals surface area (Å²) < 4.78 is 11.3. The smallest absolute Gasteiger partial charge is 0.344 e. The Morgan fingerprint density at radius 2 is 1.85 bits per heavy atom. The van der Waals surface area contributed by atoms with Gasteiger partial charge in [0.2, 0.25) is 0 Å². The summed E-state index contributed by atoms with van der Waals surface area (Å²) in [5, 5.41) is 0.879. The van der Waals surface area contributed by atoms with Crippen molar-refractivity contribution in [2.24, 2.45) is 0 Å². The van der Waals surface area contributed by atoms with Gasteiger partial charge in [-0.15, -0.1) is 0 Å². The summed E-state index contributed by atoms with van der Waals surface area (Å²) in [6, 6.07) is 11.5. The zero-order valence-electron chi connectivity index (χ0n) is 15.7. The first kappa shape index (κ1) is 18.2. The minimum Gasteiger partial charge on any atom is -0.493 e. The molecule has 26 heavy (non-hydrogen) atoms. The van der Waals surface area contributed by atoms with Gasteiger partial charge in [-0.1, -0.05) is 33.3 Å². The third-order valence-corrected chi connectivity index (χ3v) is 4.49. The molecule has 0 saturated carbocycles. The Bertz CT molecular complexity index is 959. The number of pyridine rings is 1. The highest BCUT2D eigenvalue weighted by Crippen LogP contribution is 2.26. The lowest BCUT2D eigenvalue weighted by Gasteiger charge is -2.10. The van der Waals surface area contributed by atoms with Gasteiger partial charge in [0.1, 0.15) is 11.3 Å². The SMILES string of the molecule is CCCCOc1ccc2cc(-c3ccc(CC)nc3CC)c(=O)oc2c1. The van der Waals surface area contributed by atoms with E-state index in [0.29, 0.717) is 17.8 Å². The van der Waals surface area contributed by atoms with Crippen LogP contribution >= 0.6 is 0 Å².